The first kappa shape index (κ1) is 13.7. The van der Waals surface area contributed by atoms with E-state index in [2.05, 4.69) is 12.1 Å². The summed E-state index contributed by atoms with van der Waals surface area (Å²) in [7, 11) is 0. The summed E-state index contributed by atoms with van der Waals surface area (Å²) in [6, 6.07) is 23.2. The fourth-order valence-corrected chi connectivity index (χ4v) is 4.44. The minimum Gasteiger partial charge on any atom is -0.289 e. The van der Waals surface area contributed by atoms with Gasteiger partial charge in [0.1, 0.15) is 0 Å². The van der Waals surface area contributed by atoms with E-state index in [1.54, 1.807) is 0 Å². The molecule has 0 saturated heterocycles. The second-order valence-electron chi connectivity index (χ2n) is 6.82. The zero-order chi connectivity index (χ0) is 17.4. The molecule has 0 amide bonds. The van der Waals surface area contributed by atoms with E-state index < -0.39 is 0 Å². The Bertz CT molecular complexity index is 1210. The molecule has 2 heteroatoms. The molecule has 0 unspecified atom stereocenters. The van der Waals surface area contributed by atoms with Gasteiger partial charge in [-0.05, 0) is 34.4 Å². The van der Waals surface area contributed by atoms with Crippen LogP contribution in [0.1, 0.15) is 31.8 Å². The molecule has 2 aliphatic rings. The lowest BCUT2D eigenvalue weighted by Crippen LogP contribution is -2.15. The van der Waals surface area contributed by atoms with Gasteiger partial charge in [-0.15, -0.1) is 0 Å². The van der Waals surface area contributed by atoms with Gasteiger partial charge in [-0.2, -0.15) is 0 Å². The zero-order valence-corrected chi connectivity index (χ0v) is 13.7. The van der Waals surface area contributed by atoms with Gasteiger partial charge in [-0.3, -0.25) is 9.59 Å². The summed E-state index contributed by atoms with van der Waals surface area (Å²) in [6.45, 7) is 0. The lowest BCUT2D eigenvalue weighted by atomic mass is 9.76. The molecule has 0 aromatic heterocycles. The van der Waals surface area contributed by atoms with Crippen LogP contribution in [0.15, 0.2) is 72.8 Å². The van der Waals surface area contributed by atoms with E-state index in [9.17, 15) is 9.59 Å². The lowest BCUT2D eigenvalue weighted by Gasteiger charge is -2.26. The van der Waals surface area contributed by atoms with E-state index in [-0.39, 0.29) is 11.6 Å². The number of rotatable bonds is 0. The van der Waals surface area contributed by atoms with Gasteiger partial charge in [0.25, 0.3) is 0 Å². The van der Waals surface area contributed by atoms with Crippen molar-refractivity contribution in [3.05, 3.63) is 95.1 Å². The third-order valence-electron chi connectivity index (χ3n) is 5.57. The van der Waals surface area contributed by atoms with Crippen molar-refractivity contribution in [3.8, 4) is 22.3 Å². The first-order valence-electron chi connectivity index (χ1n) is 8.63. The Kier molecular flexibility index (Phi) is 2.41. The molecule has 0 saturated carbocycles. The highest BCUT2D eigenvalue weighted by Crippen LogP contribution is 2.47. The van der Waals surface area contributed by atoms with Crippen LogP contribution in [0.25, 0.3) is 33.0 Å². The number of ketones is 2. The molecule has 0 radical (unpaired) electrons. The van der Waals surface area contributed by atoms with Crippen LogP contribution in [-0.4, -0.2) is 11.6 Å². The number of carbonyl (C=O) groups excluding carboxylic acids is 2. The van der Waals surface area contributed by atoms with Gasteiger partial charge >= 0.3 is 0 Å². The van der Waals surface area contributed by atoms with Crippen molar-refractivity contribution in [2.45, 2.75) is 0 Å². The Morgan fingerprint density at radius 1 is 0.346 bits per heavy atom. The Balaban J connectivity index is 1.86. The van der Waals surface area contributed by atoms with Crippen LogP contribution < -0.4 is 0 Å². The van der Waals surface area contributed by atoms with Crippen molar-refractivity contribution in [2.24, 2.45) is 0 Å². The number of benzene rings is 4. The molecule has 6 rings (SSSR count). The second-order valence-corrected chi connectivity index (χ2v) is 6.82. The highest BCUT2D eigenvalue weighted by Gasteiger charge is 2.31. The van der Waals surface area contributed by atoms with Crippen LogP contribution >= 0.6 is 0 Å². The SMILES string of the molecule is O=C1c2ccccc2-c2ccc3c4c(ccc1c24)C(=O)c1ccccc1-3. The van der Waals surface area contributed by atoms with Crippen molar-refractivity contribution in [1.82, 2.24) is 0 Å². The van der Waals surface area contributed by atoms with Crippen LogP contribution in [0.5, 0.6) is 0 Å². The summed E-state index contributed by atoms with van der Waals surface area (Å²) in [5.74, 6) is 0.0613. The summed E-state index contributed by atoms with van der Waals surface area (Å²) in [5.41, 5.74) is 6.78. The molecule has 4 aromatic rings. The van der Waals surface area contributed by atoms with Gasteiger partial charge in [0.15, 0.2) is 11.6 Å². The number of fused-ring (bicyclic) bond motifs is 4. The van der Waals surface area contributed by atoms with E-state index in [0.717, 1.165) is 44.2 Å². The molecule has 0 heterocycles. The molecule has 0 N–H and O–H groups in total. The highest BCUT2D eigenvalue weighted by molar-refractivity contribution is 6.33. The maximum Gasteiger partial charge on any atom is 0.194 e. The van der Waals surface area contributed by atoms with Gasteiger partial charge in [0.2, 0.25) is 0 Å². The molecular weight excluding hydrogens is 320 g/mol. The largest absolute Gasteiger partial charge is 0.289 e. The van der Waals surface area contributed by atoms with Crippen molar-refractivity contribution < 1.29 is 9.59 Å². The quantitative estimate of drug-likeness (QED) is 0.380. The van der Waals surface area contributed by atoms with Crippen molar-refractivity contribution in [3.63, 3.8) is 0 Å². The summed E-state index contributed by atoms with van der Waals surface area (Å²) in [5, 5.41) is 1.82. The normalized spacial score (nSPS) is 13.5. The van der Waals surface area contributed by atoms with Crippen LogP contribution in [0, 0.1) is 0 Å². The van der Waals surface area contributed by atoms with Gasteiger partial charge in [-0.1, -0.05) is 60.7 Å². The fraction of sp³-hybridized carbons (Fsp3) is 0. The Morgan fingerprint density at radius 2 is 0.692 bits per heavy atom. The first-order chi connectivity index (χ1) is 12.8. The first-order valence-corrected chi connectivity index (χ1v) is 8.63. The standard InChI is InChI=1S/C24H12O2/c25-23-17-7-3-1-5-13(17)15-9-10-16-14-6-2-4-8-18(14)24(26)20-12-11-19(23)21(15)22(16)20/h1-12H. The van der Waals surface area contributed by atoms with E-state index in [1.165, 1.54) is 0 Å². The van der Waals surface area contributed by atoms with Gasteiger partial charge in [0, 0.05) is 33.0 Å². The second kappa shape index (κ2) is 4.55. The van der Waals surface area contributed by atoms with Crippen LogP contribution in [0.2, 0.25) is 0 Å². The van der Waals surface area contributed by atoms with Crippen molar-refractivity contribution >= 4 is 22.3 Å². The molecule has 0 bridgehead atoms. The molecule has 2 aliphatic carbocycles. The Hall–Kier alpha value is -3.52. The maximum absolute atomic E-state index is 13.1. The average Bonchev–Trinajstić information content (AvgIpc) is 2.70. The summed E-state index contributed by atoms with van der Waals surface area (Å²) < 4.78 is 0. The van der Waals surface area contributed by atoms with E-state index >= 15 is 0 Å². The predicted octanol–water partition coefficient (Wildman–Crippen LogP) is 5.26. The number of carbonyl (C=O) groups is 2. The molecule has 2 nitrogen and oxygen atoms in total. The lowest BCUT2D eigenvalue weighted by molar-refractivity contribution is 0.102. The van der Waals surface area contributed by atoms with Crippen LogP contribution in [0.3, 0.4) is 0 Å². The predicted molar refractivity (Wildman–Crippen MR) is 102 cm³/mol. The fourth-order valence-electron chi connectivity index (χ4n) is 4.44. The van der Waals surface area contributed by atoms with Crippen LogP contribution in [-0.2, 0) is 0 Å². The van der Waals surface area contributed by atoms with E-state index in [4.69, 9.17) is 0 Å². The summed E-state index contributed by atoms with van der Waals surface area (Å²) in [6.07, 6.45) is 0. The molecule has 4 aromatic carbocycles. The minimum atomic E-state index is 0.0307. The van der Waals surface area contributed by atoms with Crippen molar-refractivity contribution in [2.75, 3.05) is 0 Å². The molecular formula is C24H12O2. The monoisotopic (exact) mass is 332 g/mol. The van der Waals surface area contributed by atoms with Gasteiger partial charge in [-0.25, -0.2) is 0 Å². The third-order valence-corrected chi connectivity index (χ3v) is 5.57. The Labute approximate surface area is 149 Å². The van der Waals surface area contributed by atoms with Crippen molar-refractivity contribution in [1.29, 1.82) is 0 Å². The summed E-state index contributed by atoms with van der Waals surface area (Å²) in [4.78, 5) is 26.1. The van der Waals surface area contributed by atoms with E-state index in [0.29, 0.717) is 11.1 Å². The molecule has 0 aliphatic heterocycles. The number of hydrogen-bond donors (Lipinski definition) is 0. The average molecular weight is 332 g/mol. The Morgan fingerprint density at radius 3 is 1.12 bits per heavy atom. The third kappa shape index (κ3) is 1.48. The van der Waals surface area contributed by atoms with Crippen LogP contribution in [0.4, 0.5) is 0 Å². The molecule has 26 heavy (non-hydrogen) atoms. The van der Waals surface area contributed by atoms with E-state index in [1.807, 2.05) is 60.7 Å². The van der Waals surface area contributed by atoms with Gasteiger partial charge in [0.05, 0.1) is 0 Å². The number of hydrogen-bond acceptors (Lipinski definition) is 2. The zero-order valence-electron chi connectivity index (χ0n) is 13.7. The topological polar surface area (TPSA) is 34.1 Å². The highest BCUT2D eigenvalue weighted by atomic mass is 16.1. The summed E-state index contributed by atoms with van der Waals surface area (Å²) >= 11 is 0. The molecule has 120 valence electrons. The molecule has 0 fully saturated rings. The molecule has 0 spiro atoms. The minimum absolute atomic E-state index is 0.0307. The van der Waals surface area contributed by atoms with Gasteiger partial charge < -0.3 is 0 Å². The maximum atomic E-state index is 13.1. The molecule has 0 atom stereocenters. The smallest absolute Gasteiger partial charge is 0.194 e.